The van der Waals surface area contributed by atoms with E-state index < -0.39 is 11.6 Å². The Morgan fingerprint density at radius 2 is 1.65 bits per heavy atom. The minimum Gasteiger partial charge on any atom is -0.246 e. The molecule has 0 amide bonds. The van der Waals surface area contributed by atoms with Crippen LogP contribution in [0.3, 0.4) is 0 Å². The van der Waals surface area contributed by atoms with E-state index in [0.717, 1.165) is 11.4 Å². The summed E-state index contributed by atoms with van der Waals surface area (Å²) in [6, 6.07) is 0. The number of nitrogens with zero attached hydrogens (tertiary/aromatic N) is 4. The molecule has 8 heteroatoms. The van der Waals surface area contributed by atoms with E-state index >= 15 is 0 Å². The van der Waals surface area contributed by atoms with Crippen LogP contribution in [0.1, 0.15) is 42.3 Å². The van der Waals surface area contributed by atoms with Crippen LogP contribution < -0.4 is 0 Å². The van der Waals surface area contributed by atoms with Gasteiger partial charge >= 0.3 is 6.18 Å². The minimum atomic E-state index is -4.16. The number of halogens is 4. The molecular weight excluding hydrogens is 329 g/mol. The van der Waals surface area contributed by atoms with Gasteiger partial charge in [0.25, 0.3) is 0 Å². The smallest absolute Gasteiger partial charge is 0.246 e. The number of hydrogen-bond donors (Lipinski definition) is 0. The zero-order valence-corrected chi connectivity index (χ0v) is 13.3. The fraction of sp³-hybridized carbons (Fsp3) is 0.600. The topological polar surface area (TPSA) is 51.6 Å². The molecule has 0 N–H and O–H groups in total. The molecule has 1 atom stereocenters. The third-order valence-corrected chi connectivity index (χ3v) is 5.55. The number of alkyl halides is 3. The molecule has 0 radical (unpaired) electrons. The summed E-state index contributed by atoms with van der Waals surface area (Å²) >= 11 is 5.97. The van der Waals surface area contributed by atoms with E-state index in [9.17, 15) is 13.2 Å². The summed E-state index contributed by atoms with van der Waals surface area (Å²) in [6.07, 6.45) is -3.77. The van der Waals surface area contributed by atoms with Gasteiger partial charge in [0.15, 0.2) is 5.65 Å². The van der Waals surface area contributed by atoms with Crippen molar-refractivity contribution in [3.63, 3.8) is 0 Å². The summed E-state index contributed by atoms with van der Waals surface area (Å²) < 4.78 is 39.9. The van der Waals surface area contributed by atoms with Crippen molar-refractivity contribution in [2.24, 2.45) is 11.3 Å². The van der Waals surface area contributed by atoms with Crippen LogP contribution in [0, 0.1) is 25.2 Å². The van der Waals surface area contributed by atoms with Crippen LogP contribution in [0.4, 0.5) is 13.2 Å². The van der Waals surface area contributed by atoms with E-state index in [-0.39, 0.29) is 36.4 Å². The normalized spacial score (nSPS) is 29.8. The van der Waals surface area contributed by atoms with E-state index in [1.807, 2.05) is 13.8 Å². The standard InChI is InChI=1S/C15H14ClF3N4/c1-6-7(2)21-12-11(20-6)10(22-13(16)23-12)9-5-14(15(17,18)19)3-8(9)4-14/h8-9H,3-5H2,1-2H3/t8?,9-,14?/m0/s1. The third-order valence-electron chi connectivity index (χ3n) is 5.38. The molecule has 0 aromatic carbocycles. The maximum atomic E-state index is 13.3. The summed E-state index contributed by atoms with van der Waals surface area (Å²) in [5.74, 6) is -0.301. The quantitative estimate of drug-likeness (QED) is 0.731. The summed E-state index contributed by atoms with van der Waals surface area (Å²) in [5, 5.41) is 0.00946. The van der Waals surface area contributed by atoms with Crippen LogP contribution in [-0.4, -0.2) is 26.1 Å². The Labute approximate surface area is 135 Å². The maximum Gasteiger partial charge on any atom is 0.394 e. The van der Waals surface area contributed by atoms with Gasteiger partial charge in [0.05, 0.1) is 22.5 Å². The van der Waals surface area contributed by atoms with Crippen molar-refractivity contribution in [3.05, 3.63) is 22.4 Å². The van der Waals surface area contributed by atoms with E-state index in [2.05, 4.69) is 19.9 Å². The first-order valence-corrected chi connectivity index (χ1v) is 7.83. The highest BCUT2D eigenvalue weighted by atomic mass is 35.5. The van der Waals surface area contributed by atoms with E-state index in [4.69, 9.17) is 11.6 Å². The van der Waals surface area contributed by atoms with Gasteiger partial charge in [0.2, 0.25) is 5.28 Å². The van der Waals surface area contributed by atoms with Crippen molar-refractivity contribution in [2.45, 2.75) is 45.2 Å². The van der Waals surface area contributed by atoms with E-state index in [1.165, 1.54) is 0 Å². The van der Waals surface area contributed by atoms with Gasteiger partial charge < -0.3 is 0 Å². The average Bonchev–Trinajstić information content (AvgIpc) is 2.95. The van der Waals surface area contributed by atoms with E-state index in [1.54, 1.807) is 0 Å². The Morgan fingerprint density at radius 3 is 2.26 bits per heavy atom. The molecule has 0 spiro atoms. The SMILES string of the molecule is Cc1nc2nc(Cl)nc([C@H]3CC4(C(F)(F)F)CC3C4)c2nc1C. The molecule has 4 nitrogen and oxygen atoms in total. The van der Waals surface area contributed by atoms with E-state index in [0.29, 0.717) is 16.9 Å². The first-order valence-electron chi connectivity index (χ1n) is 7.45. The van der Waals surface area contributed by atoms with Crippen molar-refractivity contribution in [2.75, 3.05) is 0 Å². The molecule has 122 valence electrons. The van der Waals surface area contributed by atoms with Crippen LogP contribution in [0.5, 0.6) is 0 Å². The predicted molar refractivity (Wildman–Crippen MR) is 78.2 cm³/mol. The van der Waals surface area contributed by atoms with Crippen LogP contribution in [-0.2, 0) is 0 Å². The van der Waals surface area contributed by atoms with Crippen molar-refractivity contribution < 1.29 is 13.2 Å². The first kappa shape index (κ1) is 15.1. The molecule has 2 bridgehead atoms. The second-order valence-corrected chi connectivity index (χ2v) is 7.04. The average molecular weight is 343 g/mol. The fourth-order valence-corrected chi connectivity index (χ4v) is 4.19. The largest absolute Gasteiger partial charge is 0.394 e. The Hall–Kier alpha value is -1.50. The van der Waals surface area contributed by atoms with Crippen molar-refractivity contribution in [1.29, 1.82) is 0 Å². The van der Waals surface area contributed by atoms with Crippen LogP contribution in [0.15, 0.2) is 0 Å². The number of aromatic nitrogens is 4. The zero-order chi connectivity index (χ0) is 16.6. The van der Waals surface area contributed by atoms with Gasteiger partial charge in [-0.05, 0) is 50.6 Å². The molecule has 3 fully saturated rings. The lowest BCUT2D eigenvalue weighted by molar-refractivity contribution is -0.244. The highest BCUT2D eigenvalue weighted by molar-refractivity contribution is 6.28. The molecule has 0 unspecified atom stereocenters. The summed E-state index contributed by atoms with van der Waals surface area (Å²) in [4.78, 5) is 17.1. The Bertz CT molecular complexity index is 814. The number of rotatable bonds is 1. The van der Waals surface area contributed by atoms with Crippen LogP contribution in [0.2, 0.25) is 5.28 Å². The third kappa shape index (κ3) is 2.05. The van der Waals surface area contributed by atoms with Gasteiger partial charge in [-0.1, -0.05) is 0 Å². The van der Waals surface area contributed by atoms with Gasteiger partial charge in [0, 0.05) is 5.92 Å². The van der Waals surface area contributed by atoms with Gasteiger partial charge in [-0.2, -0.15) is 18.2 Å². The van der Waals surface area contributed by atoms with Gasteiger partial charge in [-0.25, -0.2) is 15.0 Å². The minimum absolute atomic E-state index is 0.00946. The molecule has 2 heterocycles. The fourth-order valence-electron chi connectivity index (χ4n) is 4.01. The molecule has 2 aromatic heterocycles. The number of aryl methyl sites for hydroxylation is 2. The predicted octanol–water partition coefficient (Wildman–Crippen LogP) is 4.14. The lowest BCUT2D eigenvalue weighted by Gasteiger charge is -2.39. The molecule has 3 aliphatic rings. The molecule has 0 aliphatic heterocycles. The highest BCUT2D eigenvalue weighted by Gasteiger charge is 2.69. The zero-order valence-electron chi connectivity index (χ0n) is 12.6. The van der Waals surface area contributed by atoms with Crippen LogP contribution in [0.25, 0.3) is 11.2 Å². The maximum absolute atomic E-state index is 13.3. The van der Waals surface area contributed by atoms with Gasteiger partial charge in [-0.3, -0.25) is 0 Å². The summed E-state index contributed by atoms with van der Waals surface area (Å²) in [7, 11) is 0. The molecule has 3 aliphatic carbocycles. The molecular formula is C15H14ClF3N4. The van der Waals surface area contributed by atoms with Crippen LogP contribution >= 0.6 is 11.6 Å². The van der Waals surface area contributed by atoms with Gasteiger partial charge in [-0.15, -0.1) is 0 Å². The molecule has 23 heavy (non-hydrogen) atoms. The highest BCUT2D eigenvalue weighted by Crippen LogP contribution is 2.70. The molecule has 5 rings (SSSR count). The Balaban J connectivity index is 1.83. The lowest BCUT2D eigenvalue weighted by atomic mass is 9.69. The second-order valence-electron chi connectivity index (χ2n) is 6.70. The first-order chi connectivity index (χ1) is 10.7. The Morgan fingerprint density at radius 1 is 1.00 bits per heavy atom. The van der Waals surface area contributed by atoms with Crippen molar-refractivity contribution in [1.82, 2.24) is 19.9 Å². The molecule has 0 saturated heterocycles. The lowest BCUT2D eigenvalue weighted by Crippen LogP contribution is -2.42. The van der Waals surface area contributed by atoms with Crippen molar-refractivity contribution in [3.8, 4) is 0 Å². The monoisotopic (exact) mass is 342 g/mol. The number of fused-ring (bicyclic) bond motifs is 2. The molecule has 3 saturated carbocycles. The van der Waals surface area contributed by atoms with Crippen molar-refractivity contribution >= 4 is 22.8 Å². The Kier molecular flexibility index (Phi) is 2.96. The second kappa shape index (κ2) is 4.53. The summed E-state index contributed by atoms with van der Waals surface area (Å²) in [6.45, 7) is 3.62. The van der Waals surface area contributed by atoms with Gasteiger partial charge in [0.1, 0.15) is 5.52 Å². The molecule has 2 aromatic rings. The number of hydrogen-bond acceptors (Lipinski definition) is 4. The summed E-state index contributed by atoms with van der Waals surface area (Å²) in [5.41, 5.74) is 1.24.